The highest BCUT2D eigenvalue weighted by atomic mass is 16.5. The van der Waals surface area contributed by atoms with Crippen LogP contribution in [0.5, 0.6) is 5.88 Å². The molecule has 0 saturated carbocycles. The van der Waals surface area contributed by atoms with Crippen LogP contribution in [0, 0.1) is 0 Å². The summed E-state index contributed by atoms with van der Waals surface area (Å²) in [6, 6.07) is 0.444. The van der Waals surface area contributed by atoms with Crippen molar-refractivity contribution in [3.8, 4) is 5.88 Å². The Bertz CT molecular complexity index is 358. The van der Waals surface area contributed by atoms with Gasteiger partial charge in [-0.3, -0.25) is 4.98 Å². The predicted octanol–water partition coefficient (Wildman–Crippen LogP) is 1.06. The maximum absolute atomic E-state index is 5.51. The zero-order valence-electron chi connectivity index (χ0n) is 10.5. The molecule has 0 aromatic carbocycles. The average Bonchev–Trinajstić information content (AvgIpc) is 2.37. The molecule has 1 fully saturated rings. The SMILES string of the molecule is CCCOc1cncc(N2CCNCC2C)n1. The van der Waals surface area contributed by atoms with Crippen LogP contribution in [0.4, 0.5) is 5.82 Å². The van der Waals surface area contributed by atoms with Crippen molar-refractivity contribution in [2.24, 2.45) is 0 Å². The molecule has 1 aliphatic heterocycles. The lowest BCUT2D eigenvalue weighted by Gasteiger charge is -2.34. The van der Waals surface area contributed by atoms with Crippen molar-refractivity contribution in [2.75, 3.05) is 31.1 Å². The Morgan fingerprint density at radius 3 is 3.18 bits per heavy atom. The van der Waals surface area contributed by atoms with Gasteiger partial charge in [0.1, 0.15) is 0 Å². The Morgan fingerprint density at radius 1 is 1.53 bits per heavy atom. The topological polar surface area (TPSA) is 50.3 Å². The van der Waals surface area contributed by atoms with E-state index in [2.05, 4.69) is 34.0 Å². The summed E-state index contributed by atoms with van der Waals surface area (Å²) in [5.74, 6) is 1.53. The molecule has 5 heteroatoms. The fourth-order valence-corrected chi connectivity index (χ4v) is 1.93. The molecule has 1 N–H and O–H groups in total. The van der Waals surface area contributed by atoms with Crippen molar-refractivity contribution in [1.82, 2.24) is 15.3 Å². The first kappa shape index (κ1) is 12.1. The van der Waals surface area contributed by atoms with E-state index < -0.39 is 0 Å². The molecule has 1 saturated heterocycles. The van der Waals surface area contributed by atoms with E-state index in [1.54, 1.807) is 12.4 Å². The number of hydrogen-bond donors (Lipinski definition) is 1. The van der Waals surface area contributed by atoms with Crippen LogP contribution in [-0.2, 0) is 0 Å². The summed E-state index contributed by atoms with van der Waals surface area (Å²) >= 11 is 0. The first-order chi connectivity index (χ1) is 8.31. The zero-order chi connectivity index (χ0) is 12.1. The number of aromatic nitrogens is 2. The highest BCUT2D eigenvalue weighted by Gasteiger charge is 2.19. The van der Waals surface area contributed by atoms with Crippen LogP contribution in [-0.4, -0.2) is 42.3 Å². The van der Waals surface area contributed by atoms with E-state index >= 15 is 0 Å². The summed E-state index contributed by atoms with van der Waals surface area (Å²) in [6.45, 7) is 7.90. The Kier molecular flexibility index (Phi) is 4.14. The summed E-state index contributed by atoms with van der Waals surface area (Å²) in [4.78, 5) is 11.0. The summed E-state index contributed by atoms with van der Waals surface area (Å²) in [7, 11) is 0. The summed E-state index contributed by atoms with van der Waals surface area (Å²) in [5.41, 5.74) is 0. The van der Waals surface area contributed by atoms with Crippen molar-refractivity contribution in [3.63, 3.8) is 0 Å². The minimum atomic E-state index is 0.444. The van der Waals surface area contributed by atoms with Crippen LogP contribution in [0.15, 0.2) is 12.4 Å². The number of anilines is 1. The van der Waals surface area contributed by atoms with Gasteiger partial charge in [0.05, 0.1) is 19.0 Å². The van der Waals surface area contributed by atoms with Crippen LogP contribution in [0.1, 0.15) is 20.3 Å². The van der Waals surface area contributed by atoms with Gasteiger partial charge in [0.2, 0.25) is 5.88 Å². The fraction of sp³-hybridized carbons (Fsp3) is 0.667. The monoisotopic (exact) mass is 236 g/mol. The lowest BCUT2D eigenvalue weighted by Crippen LogP contribution is -2.50. The van der Waals surface area contributed by atoms with E-state index in [-0.39, 0.29) is 0 Å². The quantitative estimate of drug-likeness (QED) is 0.847. The molecule has 2 rings (SSSR count). The predicted molar refractivity (Wildman–Crippen MR) is 67.5 cm³/mol. The second kappa shape index (κ2) is 5.82. The normalized spacial score (nSPS) is 20.4. The molecule has 1 unspecified atom stereocenters. The Balaban J connectivity index is 2.08. The minimum Gasteiger partial charge on any atom is -0.477 e. The molecular formula is C12H20N4O. The number of piperazine rings is 1. The first-order valence-corrected chi connectivity index (χ1v) is 6.23. The summed E-state index contributed by atoms with van der Waals surface area (Å²) in [5, 5.41) is 3.36. The number of rotatable bonds is 4. The molecule has 0 radical (unpaired) electrons. The number of nitrogens with one attached hydrogen (secondary N) is 1. The molecule has 1 atom stereocenters. The fourth-order valence-electron chi connectivity index (χ4n) is 1.93. The van der Waals surface area contributed by atoms with Crippen molar-refractivity contribution >= 4 is 5.82 Å². The lowest BCUT2D eigenvalue weighted by molar-refractivity contribution is 0.303. The number of hydrogen-bond acceptors (Lipinski definition) is 5. The van der Waals surface area contributed by atoms with Crippen LogP contribution >= 0.6 is 0 Å². The van der Waals surface area contributed by atoms with E-state index in [1.807, 2.05) is 0 Å². The van der Waals surface area contributed by atoms with Crippen LogP contribution in [0.3, 0.4) is 0 Å². The highest BCUT2D eigenvalue weighted by Crippen LogP contribution is 2.17. The van der Waals surface area contributed by atoms with Gasteiger partial charge in [-0.1, -0.05) is 6.92 Å². The van der Waals surface area contributed by atoms with Gasteiger partial charge in [0, 0.05) is 25.7 Å². The molecule has 0 bridgehead atoms. The van der Waals surface area contributed by atoms with E-state index in [1.165, 1.54) is 0 Å². The van der Waals surface area contributed by atoms with Gasteiger partial charge in [0.15, 0.2) is 5.82 Å². The molecule has 0 aliphatic carbocycles. The molecule has 2 heterocycles. The number of ether oxygens (including phenoxy) is 1. The zero-order valence-corrected chi connectivity index (χ0v) is 10.5. The molecule has 94 valence electrons. The Morgan fingerprint density at radius 2 is 2.41 bits per heavy atom. The summed E-state index contributed by atoms with van der Waals surface area (Å²) < 4.78 is 5.51. The van der Waals surface area contributed by atoms with Gasteiger partial charge in [-0.15, -0.1) is 0 Å². The second-order valence-electron chi connectivity index (χ2n) is 4.31. The number of nitrogens with zero attached hydrogens (tertiary/aromatic N) is 3. The van der Waals surface area contributed by atoms with Crippen molar-refractivity contribution in [3.05, 3.63) is 12.4 Å². The Labute approximate surface area is 102 Å². The first-order valence-electron chi connectivity index (χ1n) is 6.23. The van der Waals surface area contributed by atoms with Gasteiger partial charge < -0.3 is 15.0 Å². The smallest absolute Gasteiger partial charge is 0.234 e. The van der Waals surface area contributed by atoms with E-state index in [0.717, 1.165) is 31.9 Å². The molecular weight excluding hydrogens is 216 g/mol. The largest absolute Gasteiger partial charge is 0.477 e. The summed E-state index contributed by atoms with van der Waals surface area (Å²) in [6.07, 6.45) is 4.46. The molecule has 1 aromatic rings. The van der Waals surface area contributed by atoms with E-state index in [4.69, 9.17) is 4.74 Å². The van der Waals surface area contributed by atoms with Crippen molar-refractivity contribution in [1.29, 1.82) is 0 Å². The third-order valence-corrected chi connectivity index (χ3v) is 2.85. The third-order valence-electron chi connectivity index (χ3n) is 2.85. The molecule has 0 amide bonds. The maximum atomic E-state index is 5.51. The van der Waals surface area contributed by atoms with E-state index in [0.29, 0.717) is 18.5 Å². The van der Waals surface area contributed by atoms with Gasteiger partial charge in [-0.05, 0) is 13.3 Å². The van der Waals surface area contributed by atoms with Crippen molar-refractivity contribution < 1.29 is 4.74 Å². The van der Waals surface area contributed by atoms with Gasteiger partial charge in [0.25, 0.3) is 0 Å². The third kappa shape index (κ3) is 3.06. The lowest BCUT2D eigenvalue weighted by atomic mass is 10.2. The van der Waals surface area contributed by atoms with Crippen LogP contribution in [0.2, 0.25) is 0 Å². The standard InChI is InChI=1S/C12H20N4O/c1-3-6-17-12-9-14-8-11(15-12)16-5-4-13-7-10(16)2/h8-10,13H,3-7H2,1-2H3. The highest BCUT2D eigenvalue weighted by molar-refractivity contribution is 5.39. The van der Waals surface area contributed by atoms with Crippen LogP contribution in [0.25, 0.3) is 0 Å². The van der Waals surface area contributed by atoms with Crippen molar-refractivity contribution in [2.45, 2.75) is 26.3 Å². The van der Waals surface area contributed by atoms with Gasteiger partial charge >= 0.3 is 0 Å². The second-order valence-corrected chi connectivity index (χ2v) is 4.31. The molecule has 0 spiro atoms. The molecule has 17 heavy (non-hydrogen) atoms. The average molecular weight is 236 g/mol. The molecule has 5 nitrogen and oxygen atoms in total. The Hall–Kier alpha value is -1.36. The van der Waals surface area contributed by atoms with Gasteiger partial charge in [-0.2, -0.15) is 4.98 Å². The van der Waals surface area contributed by atoms with E-state index in [9.17, 15) is 0 Å². The minimum absolute atomic E-state index is 0.444. The van der Waals surface area contributed by atoms with Crippen LogP contribution < -0.4 is 15.0 Å². The maximum Gasteiger partial charge on any atom is 0.234 e. The molecule has 1 aliphatic rings. The van der Waals surface area contributed by atoms with Gasteiger partial charge in [-0.25, -0.2) is 0 Å². The molecule has 1 aromatic heterocycles.